The molecule has 7 aromatic heterocycles. The zero-order chi connectivity index (χ0) is 59.8. The summed E-state index contributed by atoms with van der Waals surface area (Å²) in [4.78, 5) is 21.9. The van der Waals surface area contributed by atoms with Crippen LogP contribution in [0.4, 0.5) is 0 Å². The largest absolute Gasteiger partial charge is 0.302 e. The van der Waals surface area contributed by atoms with Crippen molar-refractivity contribution in [3.63, 3.8) is 0 Å². The van der Waals surface area contributed by atoms with Crippen LogP contribution < -0.4 is 0 Å². The van der Waals surface area contributed by atoms with Crippen molar-refractivity contribution in [3.05, 3.63) is 268 Å². The molecular formula is C77H69N11. The van der Waals surface area contributed by atoms with Crippen molar-refractivity contribution in [2.45, 2.75) is 51.9 Å². The smallest absolute Gasteiger partial charge is 0.114 e. The Kier molecular flexibility index (Phi) is 16.9. The molecule has 11 heteroatoms. The van der Waals surface area contributed by atoms with Crippen molar-refractivity contribution in [1.29, 1.82) is 0 Å². The van der Waals surface area contributed by atoms with Gasteiger partial charge in [0.1, 0.15) is 5.69 Å². The van der Waals surface area contributed by atoms with Crippen molar-refractivity contribution in [2.75, 3.05) is 54.4 Å². The van der Waals surface area contributed by atoms with Gasteiger partial charge in [0.25, 0.3) is 0 Å². The van der Waals surface area contributed by atoms with Crippen LogP contribution in [0.5, 0.6) is 0 Å². The average molecular weight is 1150 g/mol. The van der Waals surface area contributed by atoms with Crippen LogP contribution in [0.3, 0.4) is 0 Å². The van der Waals surface area contributed by atoms with E-state index in [9.17, 15) is 0 Å². The van der Waals surface area contributed by atoms with Crippen molar-refractivity contribution in [1.82, 2.24) is 52.8 Å². The number of para-hydroxylation sites is 4. The number of likely N-dealkylation sites (N-methyl/N-ethyl adjacent to an activating group) is 4. The second kappa shape index (κ2) is 26.2. The summed E-state index contributed by atoms with van der Waals surface area (Å²) >= 11 is 0. The summed E-state index contributed by atoms with van der Waals surface area (Å²) in [6.07, 6.45) is 13.1. The molecule has 16 rings (SSSR count). The molecule has 11 heterocycles. The molecule has 5 aromatic carbocycles. The molecule has 12 aromatic rings. The van der Waals surface area contributed by atoms with E-state index in [0.29, 0.717) is 0 Å². The summed E-state index contributed by atoms with van der Waals surface area (Å²) in [5.41, 5.74) is 19.8. The molecular weight excluding hydrogens is 1080 g/mol. The maximum absolute atomic E-state index is 4.29. The molecule has 0 radical (unpaired) electrons. The molecule has 0 unspecified atom stereocenters. The van der Waals surface area contributed by atoms with E-state index in [1.54, 1.807) is 31.0 Å². The maximum Gasteiger partial charge on any atom is 0.114 e. The SMILES string of the molecule is CN1CCc2c(c3ccccc3n2C#Cc2ccccc2)C1.CN1CCc2c(c3ccccc3n2C#Cc2ccccn2)C1.CN1CCc2c(c3ccccc3n2C#Cc2cccnc2)C1.CN1CCc2c(c3ccccc3n2C#Cc2ccncc2)C1. The Bertz CT molecular complexity index is 4130. The average Bonchev–Trinajstić information content (AvgIpc) is 2.18. The van der Waals surface area contributed by atoms with E-state index < -0.39 is 0 Å². The van der Waals surface area contributed by atoms with Gasteiger partial charge in [-0.2, -0.15) is 0 Å². The minimum Gasteiger partial charge on any atom is -0.302 e. The lowest BCUT2D eigenvalue weighted by atomic mass is 10.1. The zero-order valence-electron chi connectivity index (χ0n) is 50.5. The summed E-state index contributed by atoms with van der Waals surface area (Å²) in [6.45, 7) is 8.34. The van der Waals surface area contributed by atoms with Gasteiger partial charge in [0.2, 0.25) is 0 Å². The first-order chi connectivity index (χ1) is 43.3. The number of fused-ring (bicyclic) bond motifs is 12. The molecule has 0 N–H and O–H groups in total. The molecule has 0 saturated carbocycles. The van der Waals surface area contributed by atoms with E-state index in [2.05, 4.69) is 238 Å². The second-order valence-corrected chi connectivity index (χ2v) is 23.1. The minimum absolute atomic E-state index is 0.807. The Balaban J connectivity index is 0.000000108. The molecule has 0 fully saturated rings. The molecule has 0 bridgehead atoms. The van der Waals surface area contributed by atoms with E-state index in [0.717, 1.165) is 100 Å². The Hall–Kier alpha value is -10.2. The van der Waals surface area contributed by atoms with E-state index in [-0.39, 0.29) is 0 Å². The van der Waals surface area contributed by atoms with Gasteiger partial charge >= 0.3 is 0 Å². The van der Waals surface area contributed by atoms with Gasteiger partial charge in [0, 0.05) is 194 Å². The number of rotatable bonds is 0. The highest BCUT2D eigenvalue weighted by molar-refractivity contribution is 5.89. The Labute approximate surface area is 516 Å². The molecule has 0 amide bonds. The molecule has 4 aliphatic heterocycles. The summed E-state index contributed by atoms with van der Waals surface area (Å²) < 4.78 is 8.71. The lowest BCUT2D eigenvalue weighted by Gasteiger charge is -2.23. The molecule has 0 spiro atoms. The second-order valence-electron chi connectivity index (χ2n) is 23.1. The lowest BCUT2D eigenvalue weighted by molar-refractivity contribution is 0.311. The first kappa shape index (κ1) is 56.9. The Morgan fingerprint density at radius 2 is 0.659 bits per heavy atom. The number of nitrogens with zero attached hydrogens (tertiary/aromatic N) is 11. The van der Waals surface area contributed by atoms with Gasteiger partial charge in [-0.05, 0) is 147 Å². The maximum atomic E-state index is 4.29. The molecule has 432 valence electrons. The number of aromatic nitrogens is 7. The third kappa shape index (κ3) is 12.3. The van der Waals surface area contributed by atoms with Crippen LogP contribution >= 0.6 is 0 Å². The normalized spacial score (nSPS) is 14.4. The van der Waals surface area contributed by atoms with Crippen LogP contribution in [-0.2, 0) is 51.9 Å². The van der Waals surface area contributed by atoms with Gasteiger partial charge in [-0.25, -0.2) is 4.98 Å². The van der Waals surface area contributed by atoms with Gasteiger partial charge in [-0.3, -0.25) is 28.2 Å². The zero-order valence-corrected chi connectivity index (χ0v) is 50.5. The molecule has 0 saturated heterocycles. The quantitative estimate of drug-likeness (QED) is 0.140. The van der Waals surface area contributed by atoms with Crippen LogP contribution in [0.15, 0.2) is 201 Å². The summed E-state index contributed by atoms with van der Waals surface area (Å²) in [7, 11) is 8.72. The predicted octanol–water partition coefficient (Wildman–Crippen LogP) is 12.1. The van der Waals surface area contributed by atoms with Crippen LogP contribution in [-0.4, -0.2) is 107 Å². The minimum atomic E-state index is 0.807. The molecule has 0 aliphatic carbocycles. The summed E-state index contributed by atoms with van der Waals surface area (Å²) in [5.74, 6) is 13.0. The van der Waals surface area contributed by atoms with Gasteiger partial charge in [-0.1, -0.05) is 97.1 Å². The molecule has 88 heavy (non-hydrogen) atoms. The van der Waals surface area contributed by atoms with Crippen molar-refractivity contribution < 1.29 is 0 Å². The van der Waals surface area contributed by atoms with Crippen LogP contribution in [0.1, 0.15) is 67.4 Å². The monoisotopic (exact) mass is 1150 g/mol. The highest BCUT2D eigenvalue weighted by Gasteiger charge is 2.25. The highest BCUT2D eigenvalue weighted by Crippen LogP contribution is 2.34. The van der Waals surface area contributed by atoms with Crippen LogP contribution in [0, 0.1) is 47.9 Å². The fourth-order valence-corrected chi connectivity index (χ4v) is 12.6. The predicted molar refractivity (Wildman–Crippen MR) is 356 cm³/mol. The third-order valence-electron chi connectivity index (χ3n) is 17.0. The molecule has 4 aliphatic rings. The molecule has 11 nitrogen and oxygen atoms in total. The Morgan fingerprint density at radius 3 is 1.05 bits per heavy atom. The van der Waals surface area contributed by atoms with Crippen molar-refractivity contribution in [3.8, 4) is 47.9 Å². The summed E-state index contributed by atoms with van der Waals surface area (Å²) in [5, 5.41) is 5.31. The topological polar surface area (TPSA) is 71.3 Å². The number of hydrogen-bond donors (Lipinski definition) is 0. The van der Waals surface area contributed by atoms with Crippen LogP contribution in [0.2, 0.25) is 0 Å². The lowest BCUT2D eigenvalue weighted by Crippen LogP contribution is -2.27. The van der Waals surface area contributed by atoms with Gasteiger partial charge in [-0.15, -0.1) is 0 Å². The van der Waals surface area contributed by atoms with E-state index >= 15 is 0 Å². The Morgan fingerprint density at radius 1 is 0.307 bits per heavy atom. The van der Waals surface area contributed by atoms with E-state index in [4.69, 9.17) is 0 Å². The molecule has 0 atom stereocenters. The van der Waals surface area contributed by atoms with E-state index in [1.165, 1.54) is 88.6 Å². The number of hydrogen-bond acceptors (Lipinski definition) is 7. The van der Waals surface area contributed by atoms with Gasteiger partial charge < -0.3 is 19.6 Å². The van der Waals surface area contributed by atoms with Crippen LogP contribution in [0.25, 0.3) is 43.6 Å². The number of benzene rings is 5. The highest BCUT2D eigenvalue weighted by atomic mass is 15.1. The van der Waals surface area contributed by atoms with Crippen molar-refractivity contribution in [2.24, 2.45) is 0 Å². The van der Waals surface area contributed by atoms with Crippen molar-refractivity contribution >= 4 is 43.6 Å². The number of pyridine rings is 3. The third-order valence-corrected chi connectivity index (χ3v) is 17.0. The van der Waals surface area contributed by atoms with Gasteiger partial charge in [0.15, 0.2) is 0 Å². The van der Waals surface area contributed by atoms with E-state index in [1.807, 2.05) is 60.7 Å². The fraction of sp³-hybridized carbons (Fsp3) is 0.208. The van der Waals surface area contributed by atoms with Gasteiger partial charge in [0.05, 0.1) is 22.1 Å². The fourth-order valence-electron chi connectivity index (χ4n) is 12.6. The first-order valence-corrected chi connectivity index (χ1v) is 30.3. The first-order valence-electron chi connectivity index (χ1n) is 30.3. The summed E-state index contributed by atoms with van der Waals surface area (Å²) in [6, 6.07) is 71.4. The standard InChI is InChI=1S/C20H18N2.3C19H17N3/c1-21-13-12-20-18(15-21)17-9-5-6-10-19(17)22(20)14-11-16-7-3-2-4-8-16;1-21-12-10-19-17(14-21)16-7-2-3-8-18(16)22(19)13-9-15-6-4-5-11-20-15;1-21-11-9-19-17(14-21)16-6-2-3-7-18(16)22(19)12-8-15-5-4-10-20-13-15;1-21-12-9-19-17(14-21)16-4-2-3-5-18(16)22(19)13-8-15-6-10-20-11-7-15/h2-10H,12-13,15H2,1H3;2-8,11H,10,12,14H2,1H3;2-7,10,13H,9,11,14H2,1H3;2-7,10-11H,9,12,14H2,1H3.